The number of hydrogen-bond acceptors (Lipinski definition) is 2. The lowest BCUT2D eigenvalue weighted by Crippen LogP contribution is -2.10. The van der Waals surface area contributed by atoms with Crippen LogP contribution < -0.4 is 9.80 Å². The van der Waals surface area contributed by atoms with E-state index >= 15 is 0 Å². The Hall–Kier alpha value is -2.74. The molecule has 3 rings (SSSR count). The molecule has 0 bridgehead atoms. The van der Waals surface area contributed by atoms with E-state index < -0.39 is 0 Å². The van der Waals surface area contributed by atoms with E-state index in [9.17, 15) is 0 Å². The molecule has 2 heteroatoms. The number of benzene rings is 3. The van der Waals surface area contributed by atoms with Crippen molar-refractivity contribution in [1.82, 2.24) is 0 Å². The minimum absolute atomic E-state index is 0.234. The number of anilines is 2. The second-order valence-electron chi connectivity index (χ2n) is 8.01. The second-order valence-corrected chi connectivity index (χ2v) is 8.01. The first-order chi connectivity index (χ1) is 13.4. The van der Waals surface area contributed by atoms with Crippen molar-refractivity contribution in [3.05, 3.63) is 94.5 Å². The van der Waals surface area contributed by atoms with Crippen molar-refractivity contribution in [2.75, 3.05) is 38.0 Å². The zero-order chi connectivity index (χ0) is 20.3. The Morgan fingerprint density at radius 1 is 0.643 bits per heavy atom. The van der Waals surface area contributed by atoms with Crippen LogP contribution in [-0.2, 0) is 6.42 Å². The molecule has 0 aliphatic carbocycles. The highest BCUT2D eigenvalue weighted by Gasteiger charge is 2.18. The molecule has 0 N–H and O–H groups in total. The Morgan fingerprint density at radius 3 is 1.50 bits per heavy atom. The molecule has 146 valence electrons. The molecular weight excluding hydrogens is 340 g/mol. The van der Waals surface area contributed by atoms with Crippen LogP contribution in [0.5, 0.6) is 0 Å². The zero-order valence-electron chi connectivity index (χ0n) is 18.0. The molecule has 3 aromatic rings. The third-order valence-corrected chi connectivity index (χ3v) is 5.39. The average Bonchev–Trinajstić information content (AvgIpc) is 2.68. The van der Waals surface area contributed by atoms with Crippen molar-refractivity contribution in [1.29, 1.82) is 0 Å². The van der Waals surface area contributed by atoms with Crippen LogP contribution in [0.1, 0.15) is 40.7 Å². The van der Waals surface area contributed by atoms with Gasteiger partial charge in [0.25, 0.3) is 0 Å². The van der Waals surface area contributed by atoms with Crippen molar-refractivity contribution in [2.24, 2.45) is 0 Å². The van der Waals surface area contributed by atoms with Crippen molar-refractivity contribution < 1.29 is 0 Å². The molecule has 0 unspecified atom stereocenters. The van der Waals surface area contributed by atoms with E-state index in [4.69, 9.17) is 0 Å². The molecule has 0 atom stereocenters. The van der Waals surface area contributed by atoms with Crippen LogP contribution in [0.4, 0.5) is 11.4 Å². The molecular formula is C26H32N2. The van der Waals surface area contributed by atoms with Gasteiger partial charge in [0.1, 0.15) is 0 Å². The quantitative estimate of drug-likeness (QED) is 0.499. The molecule has 0 saturated heterocycles. The first-order valence-electron chi connectivity index (χ1n) is 10.0. The standard InChI is InChI=1S/C26H32N2/c1-7-20-16-19(2)17-23(18-20)26(21-8-12-24(13-9-21)27(3)4)22-10-14-25(15-11-22)28(5)6/h8-18,26H,7H2,1-6H3. The maximum Gasteiger partial charge on any atom is 0.0361 e. The lowest BCUT2D eigenvalue weighted by atomic mass is 9.83. The van der Waals surface area contributed by atoms with Gasteiger partial charge in [0, 0.05) is 45.5 Å². The molecule has 0 aliphatic rings. The van der Waals surface area contributed by atoms with E-state index in [1.807, 2.05) is 0 Å². The first-order valence-corrected chi connectivity index (χ1v) is 10.0. The lowest BCUT2D eigenvalue weighted by molar-refractivity contribution is 0.960. The summed E-state index contributed by atoms with van der Waals surface area (Å²) in [6, 6.07) is 25.0. The van der Waals surface area contributed by atoms with Crippen molar-refractivity contribution in [3.63, 3.8) is 0 Å². The van der Waals surface area contributed by atoms with Gasteiger partial charge in [0.05, 0.1) is 0 Å². The Labute approximate surface area is 170 Å². The average molecular weight is 373 g/mol. The molecule has 2 nitrogen and oxygen atoms in total. The van der Waals surface area contributed by atoms with Gasteiger partial charge >= 0.3 is 0 Å². The summed E-state index contributed by atoms with van der Waals surface area (Å²) in [7, 11) is 8.34. The van der Waals surface area contributed by atoms with E-state index in [1.54, 1.807) is 0 Å². The maximum absolute atomic E-state index is 2.37. The van der Waals surface area contributed by atoms with Gasteiger partial charge in [0.15, 0.2) is 0 Å². The summed E-state index contributed by atoms with van der Waals surface area (Å²) >= 11 is 0. The van der Waals surface area contributed by atoms with Crippen LogP contribution in [0.2, 0.25) is 0 Å². The van der Waals surface area contributed by atoms with Gasteiger partial charge in [-0.25, -0.2) is 0 Å². The number of hydrogen-bond donors (Lipinski definition) is 0. The molecule has 28 heavy (non-hydrogen) atoms. The normalized spacial score (nSPS) is 11.0. The van der Waals surface area contributed by atoms with E-state index in [0.29, 0.717) is 0 Å². The smallest absolute Gasteiger partial charge is 0.0361 e. The summed E-state index contributed by atoms with van der Waals surface area (Å²) in [6.45, 7) is 4.43. The van der Waals surface area contributed by atoms with Crippen molar-refractivity contribution in [3.8, 4) is 0 Å². The van der Waals surface area contributed by atoms with Crippen LogP contribution in [0, 0.1) is 6.92 Å². The fourth-order valence-electron chi connectivity index (χ4n) is 3.77. The minimum atomic E-state index is 0.234. The summed E-state index contributed by atoms with van der Waals surface area (Å²) in [5.74, 6) is 0.234. The van der Waals surface area contributed by atoms with Crippen LogP contribution >= 0.6 is 0 Å². The summed E-state index contributed by atoms with van der Waals surface area (Å²) in [6.07, 6.45) is 1.06. The third-order valence-electron chi connectivity index (χ3n) is 5.39. The molecule has 0 saturated carbocycles. The monoisotopic (exact) mass is 372 g/mol. The largest absolute Gasteiger partial charge is 0.378 e. The molecule has 0 aromatic heterocycles. The Bertz CT molecular complexity index is 855. The van der Waals surface area contributed by atoms with Crippen LogP contribution in [0.3, 0.4) is 0 Å². The molecule has 0 amide bonds. The van der Waals surface area contributed by atoms with Gasteiger partial charge in [-0.15, -0.1) is 0 Å². The number of rotatable bonds is 6. The molecule has 3 aromatic carbocycles. The topological polar surface area (TPSA) is 6.48 Å². The highest BCUT2D eigenvalue weighted by molar-refractivity contribution is 5.54. The predicted molar refractivity (Wildman–Crippen MR) is 123 cm³/mol. The van der Waals surface area contributed by atoms with Crippen molar-refractivity contribution >= 4 is 11.4 Å². The van der Waals surface area contributed by atoms with Gasteiger partial charge in [-0.1, -0.05) is 55.0 Å². The van der Waals surface area contributed by atoms with E-state index in [-0.39, 0.29) is 5.92 Å². The summed E-state index contributed by atoms with van der Waals surface area (Å²) in [5.41, 5.74) is 9.20. The van der Waals surface area contributed by atoms with Crippen LogP contribution in [0.15, 0.2) is 66.7 Å². The predicted octanol–water partition coefficient (Wildman–Crippen LogP) is 5.87. The highest BCUT2D eigenvalue weighted by Crippen LogP contribution is 2.34. The van der Waals surface area contributed by atoms with Gasteiger partial charge in [-0.05, 0) is 59.9 Å². The summed E-state index contributed by atoms with van der Waals surface area (Å²) < 4.78 is 0. The van der Waals surface area contributed by atoms with Gasteiger partial charge in [-0.2, -0.15) is 0 Å². The summed E-state index contributed by atoms with van der Waals surface area (Å²) in [4.78, 5) is 4.29. The molecule has 0 aliphatic heterocycles. The van der Waals surface area contributed by atoms with Gasteiger partial charge in [0.2, 0.25) is 0 Å². The zero-order valence-corrected chi connectivity index (χ0v) is 18.0. The van der Waals surface area contributed by atoms with Gasteiger partial charge in [-0.3, -0.25) is 0 Å². The SMILES string of the molecule is CCc1cc(C)cc(C(c2ccc(N(C)C)cc2)c2ccc(N(C)C)cc2)c1. The van der Waals surface area contributed by atoms with E-state index in [2.05, 4.69) is 119 Å². The van der Waals surface area contributed by atoms with Crippen LogP contribution in [0.25, 0.3) is 0 Å². The fraction of sp³-hybridized carbons (Fsp3) is 0.308. The molecule has 0 radical (unpaired) electrons. The highest BCUT2D eigenvalue weighted by atomic mass is 15.1. The number of aryl methyl sites for hydroxylation is 2. The van der Waals surface area contributed by atoms with Crippen LogP contribution in [-0.4, -0.2) is 28.2 Å². The first kappa shape index (κ1) is 20.0. The summed E-state index contributed by atoms with van der Waals surface area (Å²) in [5, 5.41) is 0. The minimum Gasteiger partial charge on any atom is -0.378 e. The van der Waals surface area contributed by atoms with E-state index in [0.717, 1.165) is 6.42 Å². The second kappa shape index (κ2) is 8.52. The third kappa shape index (κ3) is 4.39. The molecule has 0 heterocycles. The maximum atomic E-state index is 2.37. The van der Waals surface area contributed by atoms with Gasteiger partial charge < -0.3 is 9.80 Å². The Morgan fingerprint density at radius 2 is 1.11 bits per heavy atom. The fourth-order valence-corrected chi connectivity index (χ4v) is 3.77. The molecule has 0 fully saturated rings. The lowest BCUT2D eigenvalue weighted by Gasteiger charge is -2.22. The molecule has 0 spiro atoms. The van der Waals surface area contributed by atoms with Crippen molar-refractivity contribution in [2.45, 2.75) is 26.2 Å². The number of nitrogens with zero attached hydrogens (tertiary/aromatic N) is 2. The van der Waals surface area contributed by atoms with E-state index in [1.165, 1.54) is 39.2 Å². The Kier molecular flexibility index (Phi) is 6.08. The Balaban J connectivity index is 2.11.